The van der Waals surface area contributed by atoms with Gasteiger partial charge in [0.15, 0.2) is 0 Å². The third kappa shape index (κ3) is 3.78. The van der Waals surface area contributed by atoms with Crippen molar-refractivity contribution < 1.29 is 8.42 Å². The first-order chi connectivity index (χ1) is 5.02. The summed E-state index contributed by atoms with van der Waals surface area (Å²) in [6, 6.07) is 0. The second kappa shape index (κ2) is 4.13. The van der Waals surface area contributed by atoms with E-state index >= 15 is 0 Å². The van der Waals surface area contributed by atoms with E-state index in [9.17, 15) is 8.42 Å². The average molecular weight is 174 g/mol. The van der Waals surface area contributed by atoms with E-state index in [0.29, 0.717) is 0 Å². The van der Waals surface area contributed by atoms with Gasteiger partial charge in [-0.2, -0.15) is 12.7 Å². The molecule has 0 heterocycles. The van der Waals surface area contributed by atoms with Crippen LogP contribution in [0.3, 0.4) is 0 Å². The SMILES string of the molecule is C#CCN(CC=C)S(N)(=O)=O. The molecule has 0 aromatic heterocycles. The summed E-state index contributed by atoms with van der Waals surface area (Å²) in [5.74, 6) is 2.18. The Morgan fingerprint density at radius 3 is 2.55 bits per heavy atom. The van der Waals surface area contributed by atoms with Gasteiger partial charge in [0.25, 0.3) is 10.2 Å². The van der Waals surface area contributed by atoms with Gasteiger partial charge in [-0.15, -0.1) is 13.0 Å². The average Bonchev–Trinajstić information content (AvgIpc) is 1.85. The van der Waals surface area contributed by atoms with Crippen LogP contribution in [0.2, 0.25) is 0 Å². The van der Waals surface area contributed by atoms with Gasteiger partial charge in [0, 0.05) is 6.54 Å². The van der Waals surface area contributed by atoms with Crippen molar-refractivity contribution in [1.29, 1.82) is 0 Å². The molecule has 0 aromatic carbocycles. The summed E-state index contributed by atoms with van der Waals surface area (Å²) in [5.41, 5.74) is 0. The first-order valence-corrected chi connectivity index (χ1v) is 4.35. The van der Waals surface area contributed by atoms with E-state index in [-0.39, 0.29) is 13.1 Å². The van der Waals surface area contributed by atoms with Gasteiger partial charge in [-0.25, -0.2) is 5.14 Å². The van der Waals surface area contributed by atoms with Crippen molar-refractivity contribution >= 4 is 10.2 Å². The van der Waals surface area contributed by atoms with E-state index in [1.165, 1.54) is 6.08 Å². The number of hydrogen-bond donors (Lipinski definition) is 1. The Morgan fingerprint density at radius 2 is 2.27 bits per heavy atom. The number of terminal acetylenes is 1. The number of nitrogens with two attached hydrogens (primary N) is 1. The van der Waals surface area contributed by atoms with Crippen LogP contribution < -0.4 is 5.14 Å². The fourth-order valence-corrected chi connectivity index (χ4v) is 1.07. The zero-order chi connectivity index (χ0) is 8.91. The lowest BCUT2D eigenvalue weighted by atomic mass is 10.6. The first kappa shape index (κ1) is 10.2. The Hall–Kier alpha value is -0.830. The van der Waals surface area contributed by atoms with Crippen molar-refractivity contribution in [1.82, 2.24) is 4.31 Å². The van der Waals surface area contributed by atoms with Crippen LogP contribution in [0.4, 0.5) is 0 Å². The van der Waals surface area contributed by atoms with Crippen LogP contribution in [0, 0.1) is 12.3 Å². The lowest BCUT2D eigenvalue weighted by Crippen LogP contribution is -2.36. The molecular formula is C6H10N2O2S. The van der Waals surface area contributed by atoms with E-state index in [1.807, 2.05) is 0 Å². The molecule has 0 amide bonds. The highest BCUT2D eigenvalue weighted by Crippen LogP contribution is 1.92. The third-order valence-corrected chi connectivity index (χ3v) is 1.96. The van der Waals surface area contributed by atoms with Crippen molar-refractivity contribution in [3.8, 4) is 12.3 Å². The predicted molar refractivity (Wildman–Crippen MR) is 43.7 cm³/mol. The summed E-state index contributed by atoms with van der Waals surface area (Å²) in [6.45, 7) is 3.48. The van der Waals surface area contributed by atoms with Crippen LogP contribution in [-0.2, 0) is 10.2 Å². The quantitative estimate of drug-likeness (QED) is 0.453. The molecule has 0 aliphatic carbocycles. The van der Waals surface area contributed by atoms with Gasteiger partial charge in [0.05, 0.1) is 6.54 Å². The van der Waals surface area contributed by atoms with Crippen molar-refractivity contribution in [3.05, 3.63) is 12.7 Å². The molecule has 4 nitrogen and oxygen atoms in total. The highest BCUT2D eigenvalue weighted by Gasteiger charge is 2.12. The summed E-state index contributed by atoms with van der Waals surface area (Å²) in [4.78, 5) is 0. The molecule has 5 heteroatoms. The largest absolute Gasteiger partial charge is 0.278 e. The van der Waals surface area contributed by atoms with E-state index in [0.717, 1.165) is 4.31 Å². The van der Waals surface area contributed by atoms with E-state index in [2.05, 4.69) is 12.5 Å². The highest BCUT2D eigenvalue weighted by atomic mass is 32.2. The second-order valence-corrected chi connectivity index (χ2v) is 3.38. The summed E-state index contributed by atoms with van der Waals surface area (Å²) in [6.07, 6.45) is 6.33. The molecule has 11 heavy (non-hydrogen) atoms. The minimum absolute atomic E-state index is 0.0230. The molecule has 2 N–H and O–H groups in total. The number of rotatable bonds is 4. The second-order valence-electron chi connectivity index (χ2n) is 1.83. The van der Waals surface area contributed by atoms with Gasteiger partial charge in [0.2, 0.25) is 0 Å². The number of nitrogens with zero attached hydrogens (tertiary/aromatic N) is 1. The van der Waals surface area contributed by atoms with Crippen LogP contribution in [0.15, 0.2) is 12.7 Å². The highest BCUT2D eigenvalue weighted by molar-refractivity contribution is 7.86. The minimum atomic E-state index is -3.67. The summed E-state index contributed by atoms with van der Waals surface area (Å²) >= 11 is 0. The zero-order valence-corrected chi connectivity index (χ0v) is 6.84. The predicted octanol–water partition coefficient (Wildman–Crippen LogP) is -0.689. The molecule has 0 spiro atoms. The van der Waals surface area contributed by atoms with Gasteiger partial charge < -0.3 is 0 Å². The standard InChI is InChI=1S/C6H10N2O2S/c1-3-5-8(6-4-2)11(7,9)10/h1,4H,2,5-6H2,(H2,7,9,10). The molecule has 0 bridgehead atoms. The molecule has 0 aliphatic rings. The molecule has 62 valence electrons. The molecule has 0 unspecified atom stereocenters. The lowest BCUT2D eigenvalue weighted by Gasteiger charge is -2.13. The Labute approximate surface area is 66.9 Å². The molecule has 0 rings (SSSR count). The Kier molecular flexibility index (Phi) is 3.82. The van der Waals surface area contributed by atoms with Crippen LogP contribution in [0.5, 0.6) is 0 Å². The molecule has 0 saturated carbocycles. The molecule has 0 radical (unpaired) electrons. The lowest BCUT2D eigenvalue weighted by molar-refractivity contribution is 0.479. The van der Waals surface area contributed by atoms with Crippen molar-refractivity contribution in [3.63, 3.8) is 0 Å². The maximum absolute atomic E-state index is 10.7. The minimum Gasteiger partial charge on any atom is -0.216 e. The van der Waals surface area contributed by atoms with Crippen molar-refractivity contribution in [2.24, 2.45) is 5.14 Å². The first-order valence-electron chi connectivity index (χ1n) is 2.84. The normalized spacial score (nSPS) is 11.0. The monoisotopic (exact) mass is 174 g/mol. The van der Waals surface area contributed by atoms with Crippen LogP contribution in [0.1, 0.15) is 0 Å². The summed E-state index contributed by atoms with van der Waals surface area (Å²) < 4.78 is 22.3. The fraction of sp³-hybridized carbons (Fsp3) is 0.333. The van der Waals surface area contributed by atoms with Gasteiger partial charge in [-0.05, 0) is 0 Å². The Morgan fingerprint density at radius 1 is 1.73 bits per heavy atom. The summed E-state index contributed by atoms with van der Waals surface area (Å²) in [7, 11) is -3.67. The maximum Gasteiger partial charge on any atom is 0.278 e. The Balaban J connectivity index is 4.37. The van der Waals surface area contributed by atoms with Crippen molar-refractivity contribution in [2.45, 2.75) is 0 Å². The smallest absolute Gasteiger partial charge is 0.216 e. The third-order valence-electron chi connectivity index (χ3n) is 0.960. The molecule has 0 saturated heterocycles. The van der Waals surface area contributed by atoms with E-state index in [1.54, 1.807) is 0 Å². The topological polar surface area (TPSA) is 63.4 Å². The Bertz CT molecular complexity index is 263. The zero-order valence-electron chi connectivity index (χ0n) is 6.03. The molecule has 0 atom stereocenters. The van der Waals surface area contributed by atoms with Gasteiger partial charge >= 0.3 is 0 Å². The van der Waals surface area contributed by atoms with Gasteiger partial charge in [-0.3, -0.25) is 0 Å². The number of hydrogen-bond acceptors (Lipinski definition) is 2. The fourth-order valence-electron chi connectivity index (χ4n) is 0.504. The van der Waals surface area contributed by atoms with Crippen LogP contribution >= 0.6 is 0 Å². The maximum atomic E-state index is 10.7. The molecule has 0 aromatic rings. The van der Waals surface area contributed by atoms with E-state index in [4.69, 9.17) is 11.6 Å². The van der Waals surface area contributed by atoms with E-state index < -0.39 is 10.2 Å². The van der Waals surface area contributed by atoms with Gasteiger partial charge in [-0.1, -0.05) is 12.0 Å². The van der Waals surface area contributed by atoms with Crippen molar-refractivity contribution in [2.75, 3.05) is 13.1 Å². The molecule has 0 aliphatic heterocycles. The van der Waals surface area contributed by atoms with Crippen LogP contribution in [0.25, 0.3) is 0 Å². The molecular weight excluding hydrogens is 164 g/mol. The van der Waals surface area contributed by atoms with Gasteiger partial charge in [0.1, 0.15) is 0 Å². The summed E-state index contributed by atoms with van der Waals surface area (Å²) in [5, 5.41) is 4.81. The van der Waals surface area contributed by atoms with Crippen LogP contribution in [-0.4, -0.2) is 25.8 Å². The molecule has 0 fully saturated rings.